The predicted molar refractivity (Wildman–Crippen MR) is 110 cm³/mol. The monoisotopic (exact) mass is 399 g/mol. The molecule has 1 N–H and O–H groups in total. The van der Waals surface area contributed by atoms with E-state index in [-0.39, 0.29) is 18.1 Å². The zero-order valence-electron chi connectivity index (χ0n) is 17.1. The van der Waals surface area contributed by atoms with Crippen molar-refractivity contribution in [3.8, 4) is 0 Å². The van der Waals surface area contributed by atoms with Gasteiger partial charge in [0.1, 0.15) is 18.0 Å². The van der Waals surface area contributed by atoms with Crippen molar-refractivity contribution in [3.63, 3.8) is 0 Å². The Morgan fingerprint density at radius 2 is 2.07 bits per heavy atom. The molecule has 0 aliphatic carbocycles. The van der Waals surface area contributed by atoms with Gasteiger partial charge < -0.3 is 24.3 Å². The van der Waals surface area contributed by atoms with E-state index in [1.54, 1.807) is 18.5 Å². The molecule has 0 spiro atoms. The lowest BCUT2D eigenvalue weighted by atomic mass is 9.94. The van der Waals surface area contributed by atoms with Gasteiger partial charge in [-0.15, -0.1) is 0 Å². The maximum atomic E-state index is 12.4. The highest BCUT2D eigenvalue weighted by Gasteiger charge is 2.29. The minimum absolute atomic E-state index is 0.0586. The van der Waals surface area contributed by atoms with Gasteiger partial charge >= 0.3 is 0 Å². The fourth-order valence-electron chi connectivity index (χ4n) is 4.10. The molecule has 0 saturated carbocycles. The molecular weight excluding hydrogens is 370 g/mol. The lowest BCUT2D eigenvalue weighted by Crippen LogP contribution is -2.49. The number of hydrogen-bond acceptors (Lipinski definition) is 7. The number of anilines is 2. The van der Waals surface area contributed by atoms with Crippen molar-refractivity contribution in [2.45, 2.75) is 38.8 Å². The summed E-state index contributed by atoms with van der Waals surface area (Å²) in [5.41, 5.74) is 0. The molecule has 29 heavy (non-hydrogen) atoms. The lowest BCUT2D eigenvalue weighted by Gasteiger charge is -2.36. The highest BCUT2D eigenvalue weighted by atomic mass is 16.5. The number of ether oxygens (including phenoxy) is 1. The van der Waals surface area contributed by atoms with Crippen LogP contribution in [0.4, 0.5) is 11.6 Å². The summed E-state index contributed by atoms with van der Waals surface area (Å²) in [7, 11) is 0. The number of hydrogen-bond donors (Lipinski definition) is 1. The van der Waals surface area contributed by atoms with Gasteiger partial charge in [0.15, 0.2) is 5.76 Å². The van der Waals surface area contributed by atoms with E-state index in [1.807, 2.05) is 11.0 Å². The van der Waals surface area contributed by atoms with E-state index in [0.29, 0.717) is 24.8 Å². The summed E-state index contributed by atoms with van der Waals surface area (Å²) in [5.74, 6) is 2.49. The van der Waals surface area contributed by atoms with Gasteiger partial charge in [0, 0.05) is 38.9 Å². The quantitative estimate of drug-likeness (QED) is 0.827. The summed E-state index contributed by atoms with van der Waals surface area (Å²) in [5, 5.41) is 3.56. The van der Waals surface area contributed by atoms with Crippen LogP contribution in [-0.4, -0.2) is 65.7 Å². The summed E-state index contributed by atoms with van der Waals surface area (Å²) in [6.45, 7) is 7.95. The summed E-state index contributed by atoms with van der Waals surface area (Å²) in [4.78, 5) is 25.3. The smallest absolute Gasteiger partial charge is 0.289 e. The maximum absolute atomic E-state index is 12.4. The molecule has 2 aromatic rings. The Balaban J connectivity index is 1.37. The third-order valence-corrected chi connectivity index (χ3v) is 5.63. The fourth-order valence-corrected chi connectivity index (χ4v) is 4.10. The second-order valence-electron chi connectivity index (χ2n) is 7.99. The van der Waals surface area contributed by atoms with Crippen LogP contribution in [0.2, 0.25) is 0 Å². The molecular formula is C21H29N5O3. The highest BCUT2D eigenvalue weighted by Crippen LogP contribution is 2.25. The molecule has 2 fully saturated rings. The molecule has 1 amide bonds. The minimum Gasteiger partial charge on any atom is -0.459 e. The van der Waals surface area contributed by atoms with Crippen LogP contribution in [0.3, 0.4) is 0 Å². The topological polar surface area (TPSA) is 83.7 Å². The first-order valence-electron chi connectivity index (χ1n) is 10.4. The Hall–Kier alpha value is -2.61. The number of aromatic nitrogens is 2. The Labute approximate surface area is 171 Å². The van der Waals surface area contributed by atoms with Gasteiger partial charge in [-0.25, -0.2) is 9.97 Å². The zero-order chi connectivity index (χ0) is 20.2. The van der Waals surface area contributed by atoms with Crippen molar-refractivity contribution < 1.29 is 13.9 Å². The van der Waals surface area contributed by atoms with E-state index < -0.39 is 0 Å². The number of furan rings is 1. The first-order valence-corrected chi connectivity index (χ1v) is 10.4. The van der Waals surface area contributed by atoms with Crippen molar-refractivity contribution in [1.29, 1.82) is 0 Å². The van der Waals surface area contributed by atoms with E-state index in [0.717, 1.165) is 44.2 Å². The number of nitrogens with one attached hydrogen (secondary N) is 1. The molecule has 0 aromatic carbocycles. The van der Waals surface area contributed by atoms with Gasteiger partial charge in [-0.1, -0.05) is 13.8 Å². The standard InChI is InChI=1S/C21H29N5O3/c1-15(2)20-16(5-3-12-29-20)24-18-13-19(23-14-22-18)25-7-9-26(10-8-25)21(27)17-6-4-11-28-17/h4,6,11,13-16,20H,3,5,7-10,12H2,1-2H3,(H,22,23,24). The van der Waals surface area contributed by atoms with E-state index in [1.165, 1.54) is 6.26 Å². The average Bonchev–Trinajstić information content (AvgIpc) is 3.29. The molecule has 2 aliphatic rings. The van der Waals surface area contributed by atoms with Crippen LogP contribution < -0.4 is 10.2 Å². The molecule has 4 heterocycles. The molecule has 2 aromatic heterocycles. The summed E-state index contributed by atoms with van der Waals surface area (Å²) >= 11 is 0. The Bertz CT molecular complexity index is 802. The second-order valence-corrected chi connectivity index (χ2v) is 7.99. The third-order valence-electron chi connectivity index (χ3n) is 5.63. The van der Waals surface area contributed by atoms with Gasteiger partial charge in [0.05, 0.1) is 18.4 Å². The largest absolute Gasteiger partial charge is 0.459 e. The van der Waals surface area contributed by atoms with Crippen LogP contribution in [0.1, 0.15) is 37.2 Å². The molecule has 0 bridgehead atoms. The molecule has 2 saturated heterocycles. The van der Waals surface area contributed by atoms with E-state index >= 15 is 0 Å². The molecule has 156 valence electrons. The van der Waals surface area contributed by atoms with Crippen molar-refractivity contribution in [2.75, 3.05) is 43.0 Å². The van der Waals surface area contributed by atoms with Crippen molar-refractivity contribution in [2.24, 2.45) is 5.92 Å². The van der Waals surface area contributed by atoms with Crippen LogP contribution in [0.5, 0.6) is 0 Å². The zero-order valence-corrected chi connectivity index (χ0v) is 17.1. The van der Waals surface area contributed by atoms with Crippen LogP contribution >= 0.6 is 0 Å². The molecule has 0 radical (unpaired) electrons. The highest BCUT2D eigenvalue weighted by molar-refractivity contribution is 5.91. The van der Waals surface area contributed by atoms with E-state index in [9.17, 15) is 4.79 Å². The first-order chi connectivity index (χ1) is 14.1. The van der Waals surface area contributed by atoms with Gasteiger partial charge in [-0.05, 0) is 30.9 Å². The normalized spacial score (nSPS) is 22.7. The number of carbonyl (C=O) groups excluding carboxylic acids is 1. The molecule has 2 unspecified atom stereocenters. The molecule has 2 atom stereocenters. The Morgan fingerprint density at radius 3 is 2.79 bits per heavy atom. The lowest BCUT2D eigenvalue weighted by molar-refractivity contribution is -0.0203. The van der Waals surface area contributed by atoms with Gasteiger partial charge in [0.25, 0.3) is 5.91 Å². The van der Waals surface area contributed by atoms with Crippen molar-refractivity contribution in [1.82, 2.24) is 14.9 Å². The predicted octanol–water partition coefficient (Wildman–Crippen LogP) is 2.65. The summed E-state index contributed by atoms with van der Waals surface area (Å²) < 4.78 is 11.2. The Kier molecular flexibility index (Phi) is 5.99. The van der Waals surface area contributed by atoms with Gasteiger partial charge in [-0.2, -0.15) is 0 Å². The number of piperazine rings is 1. The fraction of sp³-hybridized carbons (Fsp3) is 0.571. The van der Waals surface area contributed by atoms with Crippen molar-refractivity contribution >= 4 is 17.5 Å². The second kappa shape index (κ2) is 8.82. The first kappa shape index (κ1) is 19.7. The third kappa shape index (κ3) is 4.53. The number of rotatable bonds is 5. The van der Waals surface area contributed by atoms with Crippen LogP contribution in [0.25, 0.3) is 0 Å². The minimum atomic E-state index is -0.0586. The number of amides is 1. The summed E-state index contributed by atoms with van der Waals surface area (Å²) in [6, 6.07) is 5.70. The van der Waals surface area contributed by atoms with E-state index in [2.05, 4.69) is 34.0 Å². The van der Waals surface area contributed by atoms with Gasteiger partial charge in [0.2, 0.25) is 0 Å². The van der Waals surface area contributed by atoms with Crippen LogP contribution in [0, 0.1) is 5.92 Å². The molecule has 4 rings (SSSR count). The van der Waals surface area contributed by atoms with Crippen LogP contribution in [0.15, 0.2) is 35.2 Å². The Morgan fingerprint density at radius 1 is 1.24 bits per heavy atom. The van der Waals surface area contributed by atoms with Gasteiger partial charge in [-0.3, -0.25) is 4.79 Å². The SMILES string of the molecule is CC(C)C1OCCCC1Nc1cc(N2CCN(C(=O)c3ccco3)CC2)ncn1. The number of carbonyl (C=O) groups is 1. The van der Waals surface area contributed by atoms with Crippen molar-refractivity contribution in [3.05, 3.63) is 36.5 Å². The maximum Gasteiger partial charge on any atom is 0.289 e. The molecule has 8 nitrogen and oxygen atoms in total. The molecule has 8 heteroatoms. The average molecular weight is 399 g/mol. The number of nitrogens with zero attached hydrogens (tertiary/aromatic N) is 4. The van der Waals surface area contributed by atoms with Crippen LogP contribution in [-0.2, 0) is 4.74 Å². The summed E-state index contributed by atoms with van der Waals surface area (Å²) in [6.07, 6.45) is 5.46. The molecule has 2 aliphatic heterocycles. The van der Waals surface area contributed by atoms with E-state index in [4.69, 9.17) is 9.15 Å².